The SMILES string of the molecule is CCCCC(Oc1c(F)cccc1[N+](=O)[O-])C(=O)OC. The molecule has 0 aliphatic carbocycles. The lowest BCUT2D eigenvalue weighted by Gasteiger charge is -2.16. The average Bonchev–Trinajstić information content (AvgIpc) is 2.43. The summed E-state index contributed by atoms with van der Waals surface area (Å²) in [5.41, 5.74) is -0.518. The highest BCUT2D eigenvalue weighted by atomic mass is 19.1. The van der Waals surface area contributed by atoms with Crippen molar-refractivity contribution in [3.05, 3.63) is 34.1 Å². The molecule has 0 aliphatic rings. The summed E-state index contributed by atoms with van der Waals surface area (Å²) in [7, 11) is 1.18. The van der Waals surface area contributed by atoms with Crippen molar-refractivity contribution >= 4 is 11.7 Å². The number of hydrogen-bond donors (Lipinski definition) is 0. The Bertz CT molecular complexity index is 492. The molecule has 1 aromatic rings. The topological polar surface area (TPSA) is 78.7 Å². The molecule has 0 amide bonds. The number of esters is 1. The fourth-order valence-corrected chi connectivity index (χ4v) is 1.65. The van der Waals surface area contributed by atoms with Crippen molar-refractivity contribution in [2.45, 2.75) is 32.3 Å². The minimum atomic E-state index is -1.06. The summed E-state index contributed by atoms with van der Waals surface area (Å²) in [6, 6.07) is 3.36. The summed E-state index contributed by atoms with van der Waals surface area (Å²) in [6.45, 7) is 1.92. The molecule has 0 saturated heterocycles. The predicted octanol–water partition coefficient (Wildman–Crippen LogP) is 2.84. The zero-order chi connectivity index (χ0) is 15.1. The lowest BCUT2D eigenvalue weighted by atomic mass is 10.1. The van der Waals surface area contributed by atoms with Crippen molar-refractivity contribution in [2.24, 2.45) is 0 Å². The Labute approximate surface area is 115 Å². The maximum atomic E-state index is 13.7. The third-order valence-electron chi connectivity index (χ3n) is 2.69. The number of nitro benzene ring substituents is 1. The van der Waals surface area contributed by atoms with Crippen LogP contribution < -0.4 is 4.74 Å². The minimum absolute atomic E-state index is 0.300. The molecule has 20 heavy (non-hydrogen) atoms. The van der Waals surface area contributed by atoms with Crippen LogP contribution in [0.3, 0.4) is 0 Å². The van der Waals surface area contributed by atoms with Gasteiger partial charge in [0, 0.05) is 6.07 Å². The highest BCUT2D eigenvalue weighted by molar-refractivity contribution is 5.75. The van der Waals surface area contributed by atoms with Crippen molar-refractivity contribution < 1.29 is 23.6 Å². The molecule has 6 nitrogen and oxygen atoms in total. The number of carbonyl (C=O) groups is 1. The van der Waals surface area contributed by atoms with Gasteiger partial charge in [0.25, 0.3) is 0 Å². The molecule has 1 unspecified atom stereocenters. The standard InChI is InChI=1S/C13H16FNO5/c1-3-4-8-11(13(16)19-2)20-12-9(14)6-5-7-10(12)15(17)18/h5-7,11H,3-4,8H2,1-2H3. The van der Waals surface area contributed by atoms with Gasteiger partial charge in [-0.3, -0.25) is 10.1 Å². The van der Waals surface area contributed by atoms with Gasteiger partial charge in [-0.05, 0) is 18.9 Å². The van der Waals surface area contributed by atoms with Crippen molar-refractivity contribution in [3.63, 3.8) is 0 Å². The molecule has 0 aromatic heterocycles. The highest BCUT2D eigenvalue weighted by Crippen LogP contribution is 2.31. The third kappa shape index (κ3) is 3.91. The highest BCUT2D eigenvalue weighted by Gasteiger charge is 2.27. The molecule has 0 saturated carbocycles. The van der Waals surface area contributed by atoms with Crippen molar-refractivity contribution in [1.29, 1.82) is 0 Å². The molecule has 0 spiro atoms. The number of carbonyl (C=O) groups excluding carboxylic acids is 1. The van der Waals surface area contributed by atoms with Gasteiger partial charge in [-0.1, -0.05) is 19.4 Å². The number of methoxy groups -OCH3 is 1. The molecule has 1 rings (SSSR count). The molecule has 7 heteroatoms. The molecular formula is C13H16FNO5. The predicted molar refractivity (Wildman–Crippen MR) is 69.0 cm³/mol. The summed E-state index contributed by atoms with van der Waals surface area (Å²) in [5.74, 6) is -2.11. The Hall–Kier alpha value is -2.18. The number of ether oxygens (including phenoxy) is 2. The number of nitro groups is 1. The first kappa shape index (κ1) is 15.9. The molecule has 1 atom stereocenters. The summed E-state index contributed by atoms with van der Waals surface area (Å²) in [4.78, 5) is 21.7. The Balaban J connectivity index is 3.03. The van der Waals surface area contributed by atoms with Crippen LogP contribution in [0.15, 0.2) is 18.2 Å². The number of nitrogens with zero attached hydrogens (tertiary/aromatic N) is 1. The van der Waals surface area contributed by atoms with E-state index >= 15 is 0 Å². The van der Waals surface area contributed by atoms with Gasteiger partial charge in [0.1, 0.15) is 0 Å². The second-order valence-corrected chi connectivity index (χ2v) is 4.12. The number of unbranched alkanes of at least 4 members (excludes halogenated alkanes) is 1. The van der Waals surface area contributed by atoms with Crippen LogP contribution in [0.1, 0.15) is 26.2 Å². The van der Waals surface area contributed by atoms with Gasteiger partial charge in [0.05, 0.1) is 12.0 Å². The van der Waals surface area contributed by atoms with E-state index in [0.717, 1.165) is 18.6 Å². The Morgan fingerprint density at radius 1 is 1.50 bits per heavy atom. The van der Waals surface area contributed by atoms with Crippen LogP contribution in [0.2, 0.25) is 0 Å². The maximum Gasteiger partial charge on any atom is 0.347 e. The van der Waals surface area contributed by atoms with Crippen molar-refractivity contribution in [3.8, 4) is 5.75 Å². The second-order valence-electron chi connectivity index (χ2n) is 4.12. The van der Waals surface area contributed by atoms with Gasteiger partial charge < -0.3 is 9.47 Å². The van der Waals surface area contributed by atoms with E-state index in [0.29, 0.717) is 12.8 Å². The zero-order valence-corrected chi connectivity index (χ0v) is 11.3. The average molecular weight is 285 g/mol. The van der Waals surface area contributed by atoms with Gasteiger partial charge in [-0.25, -0.2) is 9.18 Å². The smallest absolute Gasteiger partial charge is 0.347 e. The maximum absolute atomic E-state index is 13.7. The number of halogens is 1. The molecule has 0 radical (unpaired) electrons. The van der Waals surface area contributed by atoms with E-state index in [1.807, 2.05) is 6.92 Å². The Morgan fingerprint density at radius 3 is 2.75 bits per heavy atom. The van der Waals surface area contributed by atoms with Crippen molar-refractivity contribution in [1.82, 2.24) is 0 Å². The lowest BCUT2D eigenvalue weighted by Crippen LogP contribution is -2.29. The molecule has 1 aromatic carbocycles. The Morgan fingerprint density at radius 2 is 2.20 bits per heavy atom. The van der Waals surface area contributed by atoms with Crippen LogP contribution in [0.5, 0.6) is 5.75 Å². The van der Waals surface area contributed by atoms with Crippen LogP contribution >= 0.6 is 0 Å². The van der Waals surface area contributed by atoms with Gasteiger partial charge >= 0.3 is 11.7 Å². The first-order valence-electron chi connectivity index (χ1n) is 6.18. The largest absolute Gasteiger partial charge is 0.469 e. The zero-order valence-electron chi connectivity index (χ0n) is 11.3. The first-order chi connectivity index (χ1) is 9.51. The monoisotopic (exact) mass is 285 g/mol. The van der Waals surface area contributed by atoms with Crippen LogP contribution in [-0.4, -0.2) is 24.1 Å². The fraction of sp³-hybridized carbons (Fsp3) is 0.462. The number of benzene rings is 1. The number of rotatable bonds is 7. The van der Waals surface area contributed by atoms with Gasteiger partial charge in [0.15, 0.2) is 11.9 Å². The molecule has 0 aliphatic heterocycles. The third-order valence-corrected chi connectivity index (χ3v) is 2.69. The van der Waals surface area contributed by atoms with E-state index in [9.17, 15) is 19.3 Å². The molecular weight excluding hydrogens is 269 g/mol. The van der Waals surface area contributed by atoms with Crippen LogP contribution in [0.4, 0.5) is 10.1 Å². The van der Waals surface area contributed by atoms with E-state index < -0.39 is 34.3 Å². The van der Waals surface area contributed by atoms with E-state index in [1.54, 1.807) is 0 Å². The van der Waals surface area contributed by atoms with Gasteiger partial charge in [0.2, 0.25) is 5.75 Å². The lowest BCUT2D eigenvalue weighted by molar-refractivity contribution is -0.386. The van der Waals surface area contributed by atoms with Crippen LogP contribution in [-0.2, 0) is 9.53 Å². The summed E-state index contributed by atoms with van der Waals surface area (Å²) >= 11 is 0. The van der Waals surface area contributed by atoms with E-state index in [2.05, 4.69) is 4.74 Å². The van der Waals surface area contributed by atoms with E-state index in [1.165, 1.54) is 13.2 Å². The van der Waals surface area contributed by atoms with Gasteiger partial charge in [-0.2, -0.15) is 0 Å². The van der Waals surface area contributed by atoms with E-state index in [-0.39, 0.29) is 0 Å². The summed E-state index contributed by atoms with van der Waals surface area (Å²) in [5, 5.41) is 10.9. The molecule has 0 fully saturated rings. The fourth-order valence-electron chi connectivity index (χ4n) is 1.65. The first-order valence-corrected chi connectivity index (χ1v) is 6.18. The minimum Gasteiger partial charge on any atom is -0.469 e. The van der Waals surface area contributed by atoms with Crippen LogP contribution in [0, 0.1) is 15.9 Å². The second kappa shape index (κ2) is 7.42. The molecule has 0 heterocycles. The Kier molecular flexibility index (Phi) is 5.89. The van der Waals surface area contributed by atoms with Crippen LogP contribution in [0.25, 0.3) is 0 Å². The van der Waals surface area contributed by atoms with E-state index in [4.69, 9.17) is 4.74 Å². The molecule has 110 valence electrons. The quantitative estimate of drug-likeness (QED) is 0.437. The molecule has 0 bridgehead atoms. The number of hydrogen-bond acceptors (Lipinski definition) is 5. The summed E-state index contributed by atoms with van der Waals surface area (Å²) in [6.07, 6.45) is 0.697. The normalized spacial score (nSPS) is 11.8. The molecule has 0 N–H and O–H groups in total. The summed E-state index contributed by atoms with van der Waals surface area (Å²) < 4.78 is 23.4. The van der Waals surface area contributed by atoms with Gasteiger partial charge in [-0.15, -0.1) is 0 Å². The number of para-hydroxylation sites is 1. The van der Waals surface area contributed by atoms with Crippen molar-refractivity contribution in [2.75, 3.05) is 7.11 Å².